The lowest BCUT2D eigenvalue weighted by atomic mass is 10.1. The zero-order valence-corrected chi connectivity index (χ0v) is 15.9. The molecule has 1 saturated heterocycles. The molecule has 8 heteroatoms. The van der Waals surface area contributed by atoms with E-state index in [0.29, 0.717) is 5.69 Å². The van der Waals surface area contributed by atoms with Crippen molar-refractivity contribution >= 4 is 23.3 Å². The molecule has 27 heavy (non-hydrogen) atoms. The summed E-state index contributed by atoms with van der Waals surface area (Å²) < 4.78 is 5.00. The average molecular weight is 377 g/mol. The molecule has 0 bridgehead atoms. The summed E-state index contributed by atoms with van der Waals surface area (Å²) in [7, 11) is 0. The summed E-state index contributed by atoms with van der Waals surface area (Å²) in [5, 5.41) is 14.2. The number of nitro groups is 1. The van der Waals surface area contributed by atoms with Gasteiger partial charge in [0.1, 0.15) is 5.69 Å². The highest BCUT2D eigenvalue weighted by atomic mass is 16.6. The monoisotopic (exact) mass is 377 g/mol. The maximum atomic E-state index is 12.2. The van der Waals surface area contributed by atoms with Crippen LogP contribution in [0.5, 0.6) is 0 Å². The predicted molar refractivity (Wildman–Crippen MR) is 102 cm³/mol. The van der Waals surface area contributed by atoms with Crippen molar-refractivity contribution in [2.24, 2.45) is 0 Å². The second kappa shape index (κ2) is 9.89. The molecule has 8 nitrogen and oxygen atoms in total. The quantitative estimate of drug-likeness (QED) is 0.424. The van der Waals surface area contributed by atoms with Crippen LogP contribution in [-0.4, -0.2) is 42.5 Å². The fourth-order valence-electron chi connectivity index (χ4n) is 3.23. The Balaban J connectivity index is 2.02. The largest absolute Gasteiger partial charge is 0.452 e. The summed E-state index contributed by atoms with van der Waals surface area (Å²) in [5.74, 6) is -1.13. The van der Waals surface area contributed by atoms with Crippen molar-refractivity contribution in [3.05, 3.63) is 33.9 Å². The number of ether oxygens (including phenoxy) is 1. The van der Waals surface area contributed by atoms with E-state index in [1.54, 1.807) is 6.07 Å². The van der Waals surface area contributed by atoms with Gasteiger partial charge in [-0.1, -0.05) is 13.3 Å². The fourth-order valence-corrected chi connectivity index (χ4v) is 3.23. The van der Waals surface area contributed by atoms with Gasteiger partial charge in [-0.2, -0.15) is 0 Å². The molecule has 0 aliphatic carbocycles. The third-order valence-electron chi connectivity index (χ3n) is 4.57. The molecule has 1 N–H and O–H groups in total. The van der Waals surface area contributed by atoms with E-state index in [1.165, 1.54) is 12.1 Å². The molecule has 1 unspecified atom stereocenters. The van der Waals surface area contributed by atoms with Crippen molar-refractivity contribution in [1.82, 2.24) is 5.32 Å². The third kappa shape index (κ3) is 5.94. The van der Waals surface area contributed by atoms with E-state index in [9.17, 15) is 19.7 Å². The molecule has 0 radical (unpaired) electrons. The van der Waals surface area contributed by atoms with Gasteiger partial charge in [-0.15, -0.1) is 0 Å². The summed E-state index contributed by atoms with van der Waals surface area (Å²) in [5.41, 5.74) is 0.464. The van der Waals surface area contributed by atoms with Crippen LogP contribution in [0.15, 0.2) is 18.2 Å². The molecular weight excluding hydrogens is 350 g/mol. The maximum Gasteiger partial charge on any atom is 0.338 e. The van der Waals surface area contributed by atoms with Gasteiger partial charge in [0.25, 0.3) is 11.6 Å². The number of amides is 1. The molecule has 1 aromatic carbocycles. The minimum absolute atomic E-state index is 0.00566. The topological polar surface area (TPSA) is 102 Å². The molecule has 1 amide bonds. The molecule has 0 saturated carbocycles. The number of nitro benzene ring substituents is 1. The van der Waals surface area contributed by atoms with E-state index >= 15 is 0 Å². The second-order valence-corrected chi connectivity index (χ2v) is 6.84. The van der Waals surface area contributed by atoms with Gasteiger partial charge in [0, 0.05) is 25.2 Å². The molecule has 1 aliphatic rings. The van der Waals surface area contributed by atoms with Crippen LogP contribution in [0.2, 0.25) is 0 Å². The number of nitrogens with one attached hydrogen (secondary N) is 1. The Bertz CT molecular complexity index is 686. The van der Waals surface area contributed by atoms with Gasteiger partial charge in [-0.3, -0.25) is 14.9 Å². The van der Waals surface area contributed by atoms with E-state index in [-0.39, 0.29) is 23.2 Å². The number of piperidine rings is 1. The van der Waals surface area contributed by atoms with E-state index in [1.807, 2.05) is 18.7 Å². The Morgan fingerprint density at radius 1 is 1.30 bits per heavy atom. The summed E-state index contributed by atoms with van der Waals surface area (Å²) in [6.45, 7) is 5.02. The van der Waals surface area contributed by atoms with Gasteiger partial charge >= 0.3 is 5.97 Å². The van der Waals surface area contributed by atoms with Crippen LogP contribution in [0.25, 0.3) is 0 Å². The van der Waals surface area contributed by atoms with E-state index in [0.717, 1.165) is 45.2 Å². The first-order valence-corrected chi connectivity index (χ1v) is 9.42. The zero-order valence-electron chi connectivity index (χ0n) is 15.9. The van der Waals surface area contributed by atoms with Crippen LogP contribution in [0.4, 0.5) is 11.4 Å². The van der Waals surface area contributed by atoms with Crippen LogP contribution in [-0.2, 0) is 9.53 Å². The Morgan fingerprint density at radius 3 is 2.63 bits per heavy atom. The minimum atomic E-state index is -0.749. The molecule has 1 atom stereocenters. The lowest BCUT2D eigenvalue weighted by Gasteiger charge is -2.28. The van der Waals surface area contributed by atoms with Crippen LogP contribution in [0.3, 0.4) is 0 Å². The van der Waals surface area contributed by atoms with Gasteiger partial charge in [0.05, 0.1) is 10.5 Å². The summed E-state index contributed by atoms with van der Waals surface area (Å²) in [6.07, 6.45) is 4.88. The summed E-state index contributed by atoms with van der Waals surface area (Å²) >= 11 is 0. The molecule has 1 heterocycles. The lowest BCUT2D eigenvalue weighted by molar-refractivity contribution is -0.384. The maximum absolute atomic E-state index is 12.2. The molecule has 1 aliphatic heterocycles. The van der Waals surface area contributed by atoms with Gasteiger partial charge in [0.15, 0.2) is 6.61 Å². The Labute approximate surface area is 159 Å². The van der Waals surface area contributed by atoms with Gasteiger partial charge in [-0.25, -0.2) is 4.79 Å². The van der Waals surface area contributed by atoms with E-state index < -0.39 is 17.5 Å². The Kier molecular flexibility index (Phi) is 7.57. The normalized spacial score (nSPS) is 15.1. The molecular formula is C19H27N3O5. The number of hydrogen-bond donors (Lipinski definition) is 1. The Morgan fingerprint density at radius 2 is 2.00 bits per heavy atom. The molecule has 0 aromatic heterocycles. The SMILES string of the molecule is CCCC(C)NC(=O)COC(=O)c1ccc(N2CCCCC2)c([N+](=O)[O-])c1. The molecule has 1 fully saturated rings. The lowest BCUT2D eigenvalue weighted by Crippen LogP contribution is -2.35. The van der Waals surface area contributed by atoms with Crippen LogP contribution in [0, 0.1) is 10.1 Å². The average Bonchev–Trinajstić information content (AvgIpc) is 2.66. The second-order valence-electron chi connectivity index (χ2n) is 6.84. The number of carbonyl (C=O) groups is 2. The van der Waals surface area contributed by atoms with Crippen molar-refractivity contribution in [1.29, 1.82) is 0 Å². The number of hydrogen-bond acceptors (Lipinski definition) is 6. The van der Waals surface area contributed by atoms with Crippen molar-refractivity contribution in [2.75, 3.05) is 24.6 Å². The molecule has 148 valence electrons. The number of rotatable bonds is 8. The highest BCUT2D eigenvalue weighted by Gasteiger charge is 2.23. The first-order chi connectivity index (χ1) is 12.9. The highest BCUT2D eigenvalue weighted by Crippen LogP contribution is 2.31. The highest BCUT2D eigenvalue weighted by molar-refractivity contribution is 5.93. The van der Waals surface area contributed by atoms with E-state index in [4.69, 9.17) is 4.74 Å². The standard InChI is InChI=1S/C19H27N3O5/c1-3-7-14(2)20-18(23)13-27-19(24)15-8-9-16(17(12-15)22(25)26)21-10-5-4-6-11-21/h8-9,12,14H,3-7,10-11,13H2,1-2H3,(H,20,23). The van der Waals surface area contributed by atoms with Crippen LogP contribution in [0.1, 0.15) is 56.3 Å². The number of benzene rings is 1. The van der Waals surface area contributed by atoms with Gasteiger partial charge < -0.3 is 15.0 Å². The van der Waals surface area contributed by atoms with Crippen molar-refractivity contribution < 1.29 is 19.2 Å². The predicted octanol–water partition coefficient (Wildman–Crippen LogP) is 3.05. The molecule has 1 aromatic rings. The van der Waals surface area contributed by atoms with Crippen molar-refractivity contribution in [3.63, 3.8) is 0 Å². The summed E-state index contributed by atoms with van der Waals surface area (Å²) in [6, 6.07) is 4.33. The summed E-state index contributed by atoms with van der Waals surface area (Å²) in [4.78, 5) is 36.9. The van der Waals surface area contributed by atoms with Crippen molar-refractivity contribution in [2.45, 2.75) is 52.0 Å². The van der Waals surface area contributed by atoms with Crippen LogP contribution >= 0.6 is 0 Å². The number of esters is 1. The molecule has 0 spiro atoms. The Hall–Kier alpha value is -2.64. The van der Waals surface area contributed by atoms with Crippen LogP contribution < -0.4 is 10.2 Å². The fraction of sp³-hybridized carbons (Fsp3) is 0.579. The number of anilines is 1. The smallest absolute Gasteiger partial charge is 0.338 e. The van der Waals surface area contributed by atoms with Crippen molar-refractivity contribution in [3.8, 4) is 0 Å². The third-order valence-corrected chi connectivity index (χ3v) is 4.57. The van der Waals surface area contributed by atoms with Gasteiger partial charge in [-0.05, 0) is 44.7 Å². The number of nitrogens with zero attached hydrogens (tertiary/aromatic N) is 2. The van der Waals surface area contributed by atoms with Gasteiger partial charge in [0.2, 0.25) is 0 Å². The van der Waals surface area contributed by atoms with E-state index in [2.05, 4.69) is 5.32 Å². The first-order valence-electron chi connectivity index (χ1n) is 9.42. The zero-order chi connectivity index (χ0) is 19.8. The first kappa shape index (κ1) is 20.7. The molecule has 2 rings (SSSR count). The minimum Gasteiger partial charge on any atom is -0.452 e. The number of carbonyl (C=O) groups excluding carboxylic acids is 2.